The zero-order chi connectivity index (χ0) is 13.8. The standard InChI is InChI=1S/C12H14BrNO3S/c1-4-10(8-17-3)14-18(15,16)12-7-9(2)5-6-11(12)13/h1,5-7,10,14H,8H2,2-3H3/t10-/m0/s1. The fourth-order valence-electron chi connectivity index (χ4n) is 1.35. The van der Waals surface area contributed by atoms with E-state index in [4.69, 9.17) is 11.2 Å². The number of aryl methyl sites for hydroxylation is 1. The summed E-state index contributed by atoms with van der Waals surface area (Å²) >= 11 is 3.22. The third kappa shape index (κ3) is 3.82. The molecular formula is C12H14BrNO3S. The van der Waals surface area contributed by atoms with Crippen molar-refractivity contribution in [3.8, 4) is 12.3 Å². The lowest BCUT2D eigenvalue weighted by Gasteiger charge is -2.14. The topological polar surface area (TPSA) is 55.4 Å². The molecular weight excluding hydrogens is 318 g/mol. The number of nitrogens with one attached hydrogen (secondary N) is 1. The molecule has 0 saturated carbocycles. The van der Waals surface area contributed by atoms with Gasteiger partial charge in [0.05, 0.1) is 11.5 Å². The van der Waals surface area contributed by atoms with E-state index in [0.29, 0.717) is 4.47 Å². The molecule has 0 aromatic heterocycles. The highest BCUT2D eigenvalue weighted by Gasteiger charge is 2.21. The van der Waals surface area contributed by atoms with Gasteiger partial charge in [-0.25, -0.2) is 8.42 Å². The molecule has 0 radical (unpaired) electrons. The van der Waals surface area contributed by atoms with Crippen molar-refractivity contribution in [3.63, 3.8) is 0 Å². The van der Waals surface area contributed by atoms with Crippen molar-refractivity contribution >= 4 is 26.0 Å². The lowest BCUT2D eigenvalue weighted by molar-refractivity contribution is 0.190. The van der Waals surface area contributed by atoms with Crippen LogP contribution >= 0.6 is 15.9 Å². The van der Waals surface area contributed by atoms with Crippen molar-refractivity contribution in [3.05, 3.63) is 28.2 Å². The molecule has 0 saturated heterocycles. The third-order valence-electron chi connectivity index (χ3n) is 2.21. The molecule has 1 aromatic carbocycles. The minimum absolute atomic E-state index is 0.124. The van der Waals surface area contributed by atoms with Crippen LogP contribution in [0.4, 0.5) is 0 Å². The summed E-state index contributed by atoms with van der Waals surface area (Å²) in [6, 6.07) is 4.39. The van der Waals surface area contributed by atoms with E-state index in [2.05, 4.69) is 26.6 Å². The van der Waals surface area contributed by atoms with Crippen molar-refractivity contribution in [2.75, 3.05) is 13.7 Å². The molecule has 0 fully saturated rings. The van der Waals surface area contributed by atoms with Gasteiger partial charge in [-0.3, -0.25) is 0 Å². The molecule has 0 heterocycles. The minimum Gasteiger partial charge on any atom is -0.382 e. The average molecular weight is 332 g/mol. The van der Waals surface area contributed by atoms with Gasteiger partial charge in [-0.2, -0.15) is 4.72 Å². The summed E-state index contributed by atoms with van der Waals surface area (Å²) in [5, 5.41) is 0. The van der Waals surface area contributed by atoms with E-state index in [-0.39, 0.29) is 11.5 Å². The molecule has 0 aliphatic heterocycles. The highest BCUT2D eigenvalue weighted by molar-refractivity contribution is 9.10. The molecule has 1 N–H and O–H groups in total. The van der Waals surface area contributed by atoms with Gasteiger partial charge in [0.2, 0.25) is 10.0 Å². The summed E-state index contributed by atoms with van der Waals surface area (Å²) in [5.74, 6) is 2.33. The predicted octanol–water partition coefficient (Wildman–Crippen LogP) is 1.68. The van der Waals surface area contributed by atoms with E-state index in [9.17, 15) is 8.42 Å². The van der Waals surface area contributed by atoms with Crippen LogP contribution in [0.3, 0.4) is 0 Å². The molecule has 0 spiro atoms. The number of hydrogen-bond acceptors (Lipinski definition) is 3. The first-order valence-corrected chi connectivity index (χ1v) is 7.42. The summed E-state index contributed by atoms with van der Waals surface area (Å²) in [6.07, 6.45) is 5.24. The molecule has 0 aliphatic carbocycles. The number of ether oxygens (including phenoxy) is 1. The largest absolute Gasteiger partial charge is 0.382 e. The van der Waals surface area contributed by atoms with E-state index < -0.39 is 16.1 Å². The average Bonchev–Trinajstić information content (AvgIpc) is 2.31. The van der Waals surface area contributed by atoms with Crippen LogP contribution in [0.1, 0.15) is 5.56 Å². The van der Waals surface area contributed by atoms with E-state index in [1.807, 2.05) is 13.0 Å². The second-order valence-corrected chi connectivity index (χ2v) is 6.27. The SMILES string of the molecule is C#C[C@@H](COC)NS(=O)(=O)c1cc(C)ccc1Br. The molecule has 18 heavy (non-hydrogen) atoms. The number of rotatable bonds is 5. The Morgan fingerprint density at radius 2 is 2.22 bits per heavy atom. The minimum atomic E-state index is -3.67. The molecule has 0 aliphatic rings. The van der Waals surface area contributed by atoms with Crippen molar-refractivity contribution < 1.29 is 13.2 Å². The lowest BCUT2D eigenvalue weighted by atomic mass is 10.2. The molecule has 1 rings (SSSR count). The zero-order valence-electron chi connectivity index (χ0n) is 10.1. The van der Waals surface area contributed by atoms with Crippen molar-refractivity contribution in [1.82, 2.24) is 4.72 Å². The Balaban J connectivity index is 3.07. The van der Waals surface area contributed by atoms with Crippen LogP contribution in [0.2, 0.25) is 0 Å². The fourth-order valence-corrected chi connectivity index (χ4v) is 3.54. The number of terminal acetylenes is 1. The van der Waals surface area contributed by atoms with Crippen LogP contribution < -0.4 is 4.72 Å². The first kappa shape index (κ1) is 15.2. The number of sulfonamides is 1. The Morgan fingerprint density at radius 1 is 1.56 bits per heavy atom. The molecule has 1 aromatic rings. The predicted molar refractivity (Wildman–Crippen MR) is 73.7 cm³/mol. The smallest absolute Gasteiger partial charge is 0.242 e. The van der Waals surface area contributed by atoms with Crippen LogP contribution in [-0.4, -0.2) is 28.2 Å². The molecule has 0 amide bonds. The van der Waals surface area contributed by atoms with Gasteiger partial charge in [-0.05, 0) is 40.5 Å². The number of halogens is 1. The van der Waals surface area contributed by atoms with Gasteiger partial charge in [-0.15, -0.1) is 6.42 Å². The quantitative estimate of drug-likeness (QED) is 0.835. The molecule has 0 unspecified atom stereocenters. The second-order valence-electron chi connectivity index (χ2n) is 3.73. The van der Waals surface area contributed by atoms with Gasteiger partial charge in [0.25, 0.3) is 0 Å². The van der Waals surface area contributed by atoms with Crippen LogP contribution in [0.15, 0.2) is 27.6 Å². The highest BCUT2D eigenvalue weighted by atomic mass is 79.9. The first-order valence-electron chi connectivity index (χ1n) is 5.14. The number of hydrogen-bond donors (Lipinski definition) is 1. The van der Waals surface area contributed by atoms with Crippen molar-refractivity contribution in [1.29, 1.82) is 0 Å². The van der Waals surface area contributed by atoms with E-state index >= 15 is 0 Å². The highest BCUT2D eigenvalue weighted by Crippen LogP contribution is 2.23. The monoisotopic (exact) mass is 331 g/mol. The van der Waals surface area contributed by atoms with Crippen LogP contribution in [0.5, 0.6) is 0 Å². The fraction of sp³-hybridized carbons (Fsp3) is 0.333. The van der Waals surface area contributed by atoms with Crippen LogP contribution in [0, 0.1) is 19.3 Å². The van der Waals surface area contributed by atoms with Gasteiger partial charge in [0.15, 0.2) is 0 Å². The van der Waals surface area contributed by atoms with Gasteiger partial charge in [0.1, 0.15) is 6.04 Å². The Labute approximate surface area is 116 Å². The Hall–Kier alpha value is -0.870. The third-order valence-corrected chi connectivity index (χ3v) is 4.67. The van der Waals surface area contributed by atoms with E-state index in [1.165, 1.54) is 7.11 Å². The summed E-state index contributed by atoms with van der Waals surface area (Å²) in [5.41, 5.74) is 0.850. The molecule has 1 atom stereocenters. The van der Waals surface area contributed by atoms with Gasteiger partial charge in [0, 0.05) is 11.6 Å². The van der Waals surface area contributed by atoms with Gasteiger partial charge < -0.3 is 4.74 Å². The maximum atomic E-state index is 12.2. The van der Waals surface area contributed by atoms with Crippen molar-refractivity contribution in [2.45, 2.75) is 17.9 Å². The molecule has 98 valence electrons. The lowest BCUT2D eigenvalue weighted by Crippen LogP contribution is -2.37. The molecule has 4 nitrogen and oxygen atoms in total. The van der Waals surface area contributed by atoms with Gasteiger partial charge >= 0.3 is 0 Å². The molecule has 0 bridgehead atoms. The summed E-state index contributed by atoms with van der Waals surface area (Å²) < 4.78 is 32.1. The maximum Gasteiger partial charge on any atom is 0.242 e. The van der Waals surface area contributed by atoms with Crippen LogP contribution in [-0.2, 0) is 14.8 Å². The zero-order valence-corrected chi connectivity index (χ0v) is 12.5. The van der Waals surface area contributed by atoms with E-state index in [1.54, 1.807) is 12.1 Å². The van der Waals surface area contributed by atoms with Crippen LogP contribution in [0.25, 0.3) is 0 Å². The number of benzene rings is 1. The van der Waals surface area contributed by atoms with E-state index in [0.717, 1.165) is 5.56 Å². The summed E-state index contributed by atoms with van der Waals surface area (Å²) in [6.45, 7) is 1.94. The summed E-state index contributed by atoms with van der Waals surface area (Å²) in [7, 11) is -2.21. The normalized spacial score (nSPS) is 13.0. The second kappa shape index (κ2) is 6.34. The Kier molecular flexibility index (Phi) is 5.35. The number of methoxy groups -OCH3 is 1. The summed E-state index contributed by atoms with van der Waals surface area (Å²) in [4.78, 5) is 0.166. The van der Waals surface area contributed by atoms with Gasteiger partial charge in [-0.1, -0.05) is 12.0 Å². The Bertz CT molecular complexity index is 563. The first-order chi connectivity index (χ1) is 8.40. The Morgan fingerprint density at radius 3 is 2.78 bits per heavy atom. The maximum absolute atomic E-state index is 12.2. The van der Waals surface area contributed by atoms with Crippen molar-refractivity contribution in [2.24, 2.45) is 0 Å². The molecule has 6 heteroatoms.